The lowest BCUT2D eigenvalue weighted by molar-refractivity contribution is 0.159. The fraction of sp³-hybridized carbons (Fsp3) is 0.294. The van der Waals surface area contributed by atoms with Gasteiger partial charge < -0.3 is 9.84 Å². The second-order valence-corrected chi connectivity index (χ2v) is 7.33. The van der Waals surface area contributed by atoms with Crippen molar-refractivity contribution in [1.29, 1.82) is 0 Å². The number of rotatable bonds is 5. The van der Waals surface area contributed by atoms with Gasteiger partial charge in [-0.05, 0) is 55.7 Å². The van der Waals surface area contributed by atoms with Gasteiger partial charge in [0.05, 0.1) is 11.0 Å². The second-order valence-electron chi connectivity index (χ2n) is 5.61. The van der Waals surface area contributed by atoms with Gasteiger partial charge in [0.1, 0.15) is 11.5 Å². The molecule has 0 radical (unpaired) electrons. The summed E-state index contributed by atoms with van der Waals surface area (Å²) in [5.74, 6) is 1.26. The molecule has 6 heteroatoms. The van der Waals surface area contributed by atoms with E-state index >= 15 is 0 Å². The number of nitrogens with one attached hydrogen (secondary N) is 1. The van der Waals surface area contributed by atoms with E-state index in [0.29, 0.717) is 24.3 Å². The molecule has 0 saturated heterocycles. The number of hydrogen-bond acceptors (Lipinski definition) is 4. The third-order valence-electron chi connectivity index (χ3n) is 3.90. The summed E-state index contributed by atoms with van der Waals surface area (Å²) in [5, 5.41) is 9.76. The zero-order chi connectivity index (χ0) is 16.3. The Bertz CT molecular complexity index is 744. The monoisotopic (exact) mass is 333 g/mol. The molecule has 122 valence electrons. The van der Waals surface area contributed by atoms with Crippen LogP contribution in [0.5, 0.6) is 11.5 Å². The van der Waals surface area contributed by atoms with Gasteiger partial charge in [0.15, 0.2) is 0 Å². The summed E-state index contributed by atoms with van der Waals surface area (Å²) in [6.45, 7) is 0. The maximum atomic E-state index is 12.3. The van der Waals surface area contributed by atoms with E-state index in [2.05, 4.69) is 4.72 Å². The molecule has 1 aliphatic carbocycles. The van der Waals surface area contributed by atoms with Gasteiger partial charge >= 0.3 is 0 Å². The predicted octanol–water partition coefficient (Wildman–Crippen LogP) is 2.67. The standard InChI is InChI=1S/C17H19NO4S/c19-17-8-4-7-16(17)18-23(20,21)15-11-9-14(10-12-15)22-13-5-2-1-3-6-13/h1-3,5-6,9-12,16-19H,4,7-8H2/t16-,17+/m0/s1. The Hall–Kier alpha value is -1.89. The van der Waals surface area contributed by atoms with E-state index in [0.717, 1.165) is 6.42 Å². The number of aliphatic hydroxyl groups excluding tert-OH is 1. The minimum atomic E-state index is -3.63. The first-order valence-electron chi connectivity index (χ1n) is 7.58. The van der Waals surface area contributed by atoms with Crippen LogP contribution in [0.2, 0.25) is 0 Å². The molecular weight excluding hydrogens is 314 g/mol. The van der Waals surface area contributed by atoms with Crippen LogP contribution in [0.4, 0.5) is 0 Å². The SMILES string of the molecule is O=S(=O)(N[C@H]1CCC[C@H]1O)c1ccc(Oc2ccccc2)cc1. The van der Waals surface area contributed by atoms with Gasteiger partial charge in [0.25, 0.3) is 0 Å². The summed E-state index contributed by atoms with van der Waals surface area (Å²) in [6, 6.07) is 15.1. The summed E-state index contributed by atoms with van der Waals surface area (Å²) < 4.78 is 32.9. The maximum absolute atomic E-state index is 12.3. The highest BCUT2D eigenvalue weighted by atomic mass is 32.2. The lowest BCUT2D eigenvalue weighted by atomic mass is 10.2. The largest absolute Gasteiger partial charge is 0.457 e. The lowest BCUT2D eigenvalue weighted by Crippen LogP contribution is -2.39. The van der Waals surface area contributed by atoms with Gasteiger partial charge in [-0.2, -0.15) is 0 Å². The fourth-order valence-electron chi connectivity index (χ4n) is 2.66. The van der Waals surface area contributed by atoms with Crippen LogP contribution in [0.3, 0.4) is 0 Å². The molecule has 0 aromatic heterocycles. The van der Waals surface area contributed by atoms with Gasteiger partial charge in [-0.1, -0.05) is 18.2 Å². The van der Waals surface area contributed by atoms with E-state index in [-0.39, 0.29) is 4.90 Å². The molecule has 1 saturated carbocycles. The summed E-state index contributed by atoms with van der Waals surface area (Å²) in [6.07, 6.45) is 1.52. The van der Waals surface area contributed by atoms with E-state index < -0.39 is 22.2 Å². The number of para-hydroxylation sites is 1. The van der Waals surface area contributed by atoms with Crippen molar-refractivity contribution in [1.82, 2.24) is 4.72 Å². The van der Waals surface area contributed by atoms with Gasteiger partial charge in [0, 0.05) is 6.04 Å². The van der Waals surface area contributed by atoms with Crippen LogP contribution in [-0.2, 0) is 10.0 Å². The zero-order valence-electron chi connectivity index (χ0n) is 12.6. The second kappa shape index (κ2) is 6.70. The highest BCUT2D eigenvalue weighted by Gasteiger charge is 2.29. The molecule has 1 fully saturated rings. The minimum absolute atomic E-state index is 0.164. The van der Waals surface area contributed by atoms with Crippen molar-refractivity contribution in [3.05, 3.63) is 54.6 Å². The first-order valence-corrected chi connectivity index (χ1v) is 9.06. The number of benzene rings is 2. The molecular formula is C17H19NO4S. The quantitative estimate of drug-likeness (QED) is 0.882. The lowest BCUT2D eigenvalue weighted by Gasteiger charge is -2.16. The van der Waals surface area contributed by atoms with Crippen LogP contribution in [0.15, 0.2) is 59.5 Å². The smallest absolute Gasteiger partial charge is 0.240 e. The first-order chi connectivity index (χ1) is 11.0. The molecule has 0 bridgehead atoms. The molecule has 5 nitrogen and oxygen atoms in total. The molecule has 2 aromatic carbocycles. The Balaban J connectivity index is 1.71. The van der Waals surface area contributed by atoms with Gasteiger partial charge in [0.2, 0.25) is 10.0 Å². The van der Waals surface area contributed by atoms with Crippen LogP contribution in [-0.4, -0.2) is 25.7 Å². The fourth-order valence-corrected chi connectivity index (χ4v) is 3.96. The van der Waals surface area contributed by atoms with E-state index in [4.69, 9.17) is 4.74 Å². The third kappa shape index (κ3) is 3.90. The number of sulfonamides is 1. The average molecular weight is 333 g/mol. The number of aliphatic hydroxyl groups is 1. The van der Waals surface area contributed by atoms with Crippen LogP contribution in [0.1, 0.15) is 19.3 Å². The minimum Gasteiger partial charge on any atom is -0.457 e. The predicted molar refractivity (Wildman–Crippen MR) is 86.9 cm³/mol. The van der Waals surface area contributed by atoms with Crippen molar-refractivity contribution in [3.8, 4) is 11.5 Å². The zero-order valence-corrected chi connectivity index (χ0v) is 13.4. The first kappa shape index (κ1) is 16.0. The van der Waals surface area contributed by atoms with Crippen molar-refractivity contribution in [2.24, 2.45) is 0 Å². The molecule has 0 aliphatic heterocycles. The Morgan fingerprint density at radius 3 is 2.22 bits per heavy atom. The van der Waals surface area contributed by atoms with Crippen LogP contribution < -0.4 is 9.46 Å². The van der Waals surface area contributed by atoms with E-state index in [9.17, 15) is 13.5 Å². The molecule has 3 rings (SSSR count). The number of ether oxygens (including phenoxy) is 1. The topological polar surface area (TPSA) is 75.6 Å². The Labute approximate surface area is 136 Å². The molecule has 2 atom stereocenters. The van der Waals surface area contributed by atoms with Gasteiger partial charge in [-0.15, -0.1) is 0 Å². The summed E-state index contributed by atoms with van der Waals surface area (Å²) >= 11 is 0. The van der Waals surface area contributed by atoms with Crippen molar-refractivity contribution >= 4 is 10.0 Å². The average Bonchev–Trinajstić information content (AvgIpc) is 2.93. The van der Waals surface area contributed by atoms with Crippen LogP contribution >= 0.6 is 0 Å². The highest BCUT2D eigenvalue weighted by molar-refractivity contribution is 7.89. The van der Waals surface area contributed by atoms with Crippen molar-refractivity contribution in [2.75, 3.05) is 0 Å². The molecule has 0 amide bonds. The van der Waals surface area contributed by atoms with Crippen LogP contribution in [0.25, 0.3) is 0 Å². The van der Waals surface area contributed by atoms with E-state index in [1.54, 1.807) is 12.1 Å². The summed E-state index contributed by atoms with van der Waals surface area (Å²) in [7, 11) is -3.63. The molecule has 0 spiro atoms. The summed E-state index contributed by atoms with van der Waals surface area (Å²) in [4.78, 5) is 0.164. The van der Waals surface area contributed by atoms with Crippen molar-refractivity contribution in [3.63, 3.8) is 0 Å². The van der Waals surface area contributed by atoms with Gasteiger partial charge in [-0.25, -0.2) is 13.1 Å². The Morgan fingerprint density at radius 2 is 1.61 bits per heavy atom. The Kier molecular flexibility index (Phi) is 4.66. The van der Waals surface area contributed by atoms with Crippen LogP contribution in [0, 0.1) is 0 Å². The normalized spacial score (nSPS) is 21.3. The van der Waals surface area contributed by atoms with Crippen molar-refractivity contribution in [2.45, 2.75) is 36.3 Å². The summed E-state index contributed by atoms with van der Waals surface area (Å²) in [5.41, 5.74) is 0. The molecule has 2 N–H and O–H groups in total. The number of hydrogen-bond donors (Lipinski definition) is 2. The van der Waals surface area contributed by atoms with E-state index in [1.807, 2.05) is 30.3 Å². The van der Waals surface area contributed by atoms with Gasteiger partial charge in [-0.3, -0.25) is 0 Å². The van der Waals surface area contributed by atoms with Crippen molar-refractivity contribution < 1.29 is 18.3 Å². The molecule has 23 heavy (non-hydrogen) atoms. The molecule has 2 aromatic rings. The van der Waals surface area contributed by atoms with E-state index in [1.165, 1.54) is 12.1 Å². The third-order valence-corrected chi connectivity index (χ3v) is 5.40. The molecule has 0 heterocycles. The molecule has 0 unspecified atom stereocenters. The highest BCUT2D eigenvalue weighted by Crippen LogP contribution is 2.24. The Morgan fingerprint density at radius 1 is 0.957 bits per heavy atom. The molecule has 1 aliphatic rings. The maximum Gasteiger partial charge on any atom is 0.240 e.